The largest absolute Gasteiger partial charge is 0.389 e. The Labute approximate surface area is 62.8 Å². The summed E-state index contributed by atoms with van der Waals surface area (Å²) in [5.41, 5.74) is -0.415. The fourth-order valence-electron chi connectivity index (χ4n) is 1.66. The van der Waals surface area contributed by atoms with E-state index >= 15 is 0 Å². The van der Waals surface area contributed by atoms with Crippen molar-refractivity contribution in [3.63, 3.8) is 0 Å². The Morgan fingerprint density at radius 1 is 1.50 bits per heavy atom. The molecule has 0 aromatic heterocycles. The average molecular weight is 140 g/mol. The van der Waals surface area contributed by atoms with Gasteiger partial charge < -0.3 is 5.11 Å². The van der Waals surface area contributed by atoms with Crippen molar-refractivity contribution in [3.8, 4) is 0 Å². The van der Waals surface area contributed by atoms with Crippen molar-refractivity contribution in [2.75, 3.05) is 0 Å². The van der Waals surface area contributed by atoms with Gasteiger partial charge >= 0.3 is 0 Å². The third kappa shape index (κ3) is 1.24. The molecule has 1 atom stereocenters. The molecule has 1 nitrogen and oxygen atoms in total. The SMILES string of the molecule is C=CC(C)C1(O)CCCC1. The molecule has 0 spiro atoms. The van der Waals surface area contributed by atoms with Gasteiger partial charge in [-0.3, -0.25) is 0 Å². The van der Waals surface area contributed by atoms with E-state index in [0.717, 1.165) is 12.8 Å². The van der Waals surface area contributed by atoms with Crippen molar-refractivity contribution >= 4 is 0 Å². The Morgan fingerprint density at radius 2 is 2.00 bits per heavy atom. The highest BCUT2D eigenvalue weighted by atomic mass is 16.3. The van der Waals surface area contributed by atoms with Crippen LogP contribution in [0.15, 0.2) is 12.7 Å². The van der Waals surface area contributed by atoms with Crippen molar-refractivity contribution in [3.05, 3.63) is 12.7 Å². The van der Waals surface area contributed by atoms with Crippen LogP contribution in [0.4, 0.5) is 0 Å². The van der Waals surface area contributed by atoms with Crippen LogP contribution in [0.3, 0.4) is 0 Å². The third-order valence-electron chi connectivity index (χ3n) is 2.67. The van der Waals surface area contributed by atoms with Crippen molar-refractivity contribution in [2.24, 2.45) is 5.92 Å². The molecule has 0 amide bonds. The Kier molecular flexibility index (Phi) is 2.14. The van der Waals surface area contributed by atoms with Gasteiger partial charge in [0, 0.05) is 5.92 Å². The molecule has 1 rings (SSSR count). The highest BCUT2D eigenvalue weighted by Crippen LogP contribution is 2.35. The predicted molar refractivity (Wildman–Crippen MR) is 42.8 cm³/mol. The summed E-state index contributed by atoms with van der Waals surface area (Å²) < 4.78 is 0. The molecule has 1 aliphatic carbocycles. The lowest BCUT2D eigenvalue weighted by molar-refractivity contribution is 0.0129. The summed E-state index contributed by atoms with van der Waals surface area (Å²) in [5, 5.41) is 9.89. The van der Waals surface area contributed by atoms with Crippen LogP contribution in [0.25, 0.3) is 0 Å². The number of hydrogen-bond acceptors (Lipinski definition) is 1. The molecule has 0 saturated heterocycles. The zero-order valence-electron chi connectivity index (χ0n) is 6.64. The zero-order chi connectivity index (χ0) is 7.61. The van der Waals surface area contributed by atoms with E-state index in [1.165, 1.54) is 12.8 Å². The van der Waals surface area contributed by atoms with E-state index in [4.69, 9.17) is 0 Å². The second-order valence-electron chi connectivity index (χ2n) is 3.34. The van der Waals surface area contributed by atoms with Gasteiger partial charge in [-0.1, -0.05) is 25.8 Å². The molecule has 1 saturated carbocycles. The second kappa shape index (κ2) is 2.75. The van der Waals surface area contributed by atoms with E-state index in [2.05, 4.69) is 6.58 Å². The predicted octanol–water partition coefficient (Wildman–Crippen LogP) is 2.11. The Hall–Kier alpha value is -0.300. The molecule has 0 aromatic rings. The molecule has 1 fully saturated rings. The van der Waals surface area contributed by atoms with Gasteiger partial charge in [0.05, 0.1) is 5.60 Å². The Morgan fingerprint density at radius 3 is 2.40 bits per heavy atom. The van der Waals surface area contributed by atoms with E-state index in [-0.39, 0.29) is 5.92 Å². The lowest BCUT2D eigenvalue weighted by Gasteiger charge is -2.26. The van der Waals surface area contributed by atoms with Crippen LogP contribution >= 0.6 is 0 Å². The summed E-state index contributed by atoms with van der Waals surface area (Å²) in [4.78, 5) is 0. The quantitative estimate of drug-likeness (QED) is 0.582. The molecule has 1 aliphatic rings. The first-order chi connectivity index (χ1) is 4.69. The molecular weight excluding hydrogens is 124 g/mol. The van der Waals surface area contributed by atoms with Crippen LogP contribution < -0.4 is 0 Å². The van der Waals surface area contributed by atoms with Crippen LogP contribution in [-0.4, -0.2) is 10.7 Å². The van der Waals surface area contributed by atoms with Gasteiger partial charge in [0.15, 0.2) is 0 Å². The molecule has 1 unspecified atom stereocenters. The lowest BCUT2D eigenvalue weighted by atomic mass is 9.87. The van der Waals surface area contributed by atoms with E-state index in [1.54, 1.807) is 0 Å². The topological polar surface area (TPSA) is 20.2 Å². The summed E-state index contributed by atoms with van der Waals surface area (Å²) in [6, 6.07) is 0. The van der Waals surface area contributed by atoms with E-state index < -0.39 is 5.60 Å². The van der Waals surface area contributed by atoms with Crippen molar-refractivity contribution in [2.45, 2.75) is 38.2 Å². The third-order valence-corrected chi connectivity index (χ3v) is 2.67. The highest BCUT2D eigenvalue weighted by molar-refractivity contribution is 4.96. The molecule has 0 aliphatic heterocycles. The summed E-state index contributed by atoms with van der Waals surface area (Å²) in [5.74, 6) is 0.259. The molecule has 0 heterocycles. The molecule has 1 N–H and O–H groups in total. The van der Waals surface area contributed by atoms with Gasteiger partial charge in [0.2, 0.25) is 0 Å². The normalized spacial score (nSPS) is 26.2. The summed E-state index contributed by atoms with van der Waals surface area (Å²) in [6.45, 7) is 5.73. The van der Waals surface area contributed by atoms with E-state index in [9.17, 15) is 5.11 Å². The number of hydrogen-bond donors (Lipinski definition) is 1. The van der Waals surface area contributed by atoms with E-state index in [1.807, 2.05) is 13.0 Å². The molecular formula is C9H16O. The fraction of sp³-hybridized carbons (Fsp3) is 0.778. The van der Waals surface area contributed by atoms with Gasteiger partial charge in [0.1, 0.15) is 0 Å². The first kappa shape index (κ1) is 7.80. The smallest absolute Gasteiger partial charge is 0.0707 e. The lowest BCUT2D eigenvalue weighted by Crippen LogP contribution is -2.31. The minimum absolute atomic E-state index is 0.259. The Balaban J connectivity index is 2.57. The molecule has 58 valence electrons. The summed E-state index contributed by atoms with van der Waals surface area (Å²) >= 11 is 0. The van der Waals surface area contributed by atoms with Crippen LogP contribution in [0, 0.1) is 5.92 Å². The van der Waals surface area contributed by atoms with Gasteiger partial charge in [0.25, 0.3) is 0 Å². The average Bonchev–Trinajstić information content (AvgIpc) is 2.36. The number of aliphatic hydroxyl groups is 1. The maximum absolute atomic E-state index is 9.89. The molecule has 0 aromatic carbocycles. The van der Waals surface area contributed by atoms with Crippen molar-refractivity contribution in [1.29, 1.82) is 0 Å². The zero-order valence-corrected chi connectivity index (χ0v) is 6.64. The minimum Gasteiger partial charge on any atom is -0.389 e. The molecule has 10 heavy (non-hydrogen) atoms. The molecule has 0 bridgehead atoms. The highest BCUT2D eigenvalue weighted by Gasteiger charge is 2.34. The molecule has 1 heteroatoms. The first-order valence-electron chi connectivity index (χ1n) is 4.04. The minimum atomic E-state index is -0.415. The van der Waals surface area contributed by atoms with Gasteiger partial charge in [-0.15, -0.1) is 6.58 Å². The Bertz CT molecular complexity index is 123. The first-order valence-corrected chi connectivity index (χ1v) is 4.04. The van der Waals surface area contributed by atoms with Crippen LogP contribution in [0.1, 0.15) is 32.6 Å². The summed E-state index contributed by atoms with van der Waals surface area (Å²) in [7, 11) is 0. The molecule has 0 radical (unpaired) electrons. The van der Waals surface area contributed by atoms with Crippen molar-refractivity contribution < 1.29 is 5.11 Å². The standard InChI is InChI=1S/C9H16O/c1-3-8(2)9(10)6-4-5-7-9/h3,8,10H,1,4-7H2,2H3. The van der Waals surface area contributed by atoms with Crippen LogP contribution in [-0.2, 0) is 0 Å². The summed E-state index contributed by atoms with van der Waals surface area (Å²) in [6.07, 6.45) is 6.12. The maximum atomic E-state index is 9.89. The van der Waals surface area contributed by atoms with Gasteiger partial charge in [-0.2, -0.15) is 0 Å². The maximum Gasteiger partial charge on any atom is 0.0707 e. The second-order valence-corrected chi connectivity index (χ2v) is 3.34. The van der Waals surface area contributed by atoms with Crippen LogP contribution in [0.5, 0.6) is 0 Å². The van der Waals surface area contributed by atoms with Crippen LogP contribution in [0.2, 0.25) is 0 Å². The number of rotatable bonds is 2. The van der Waals surface area contributed by atoms with Crippen molar-refractivity contribution in [1.82, 2.24) is 0 Å². The van der Waals surface area contributed by atoms with Gasteiger partial charge in [-0.25, -0.2) is 0 Å². The fourth-order valence-corrected chi connectivity index (χ4v) is 1.66. The van der Waals surface area contributed by atoms with E-state index in [0.29, 0.717) is 0 Å². The monoisotopic (exact) mass is 140 g/mol. The van der Waals surface area contributed by atoms with Gasteiger partial charge in [-0.05, 0) is 12.8 Å².